The Kier molecular flexibility index (Phi) is 4.35. The average molecular weight is 389 g/mol. The molecule has 0 saturated carbocycles. The summed E-state index contributed by atoms with van der Waals surface area (Å²) in [6.45, 7) is 2.30. The van der Waals surface area contributed by atoms with Gasteiger partial charge in [-0.1, -0.05) is 12.0 Å². The fraction of sp³-hybridized carbons (Fsp3) is 0.381. The molecule has 0 spiro atoms. The van der Waals surface area contributed by atoms with Gasteiger partial charge in [0.25, 0.3) is 0 Å². The fourth-order valence-electron chi connectivity index (χ4n) is 4.54. The minimum Gasteiger partial charge on any atom is -0.347 e. The molecular formula is C21H23N7O. The van der Waals surface area contributed by atoms with Gasteiger partial charge in [-0.15, -0.1) is 10.2 Å². The second-order valence-corrected chi connectivity index (χ2v) is 8.25. The first-order valence-corrected chi connectivity index (χ1v) is 9.96. The highest BCUT2D eigenvalue weighted by atomic mass is 16.1. The molecule has 5 heterocycles. The number of fused-ring (bicyclic) bond motifs is 2. The third-order valence-electron chi connectivity index (χ3n) is 5.81. The summed E-state index contributed by atoms with van der Waals surface area (Å²) in [7, 11) is 0. The lowest BCUT2D eigenvalue weighted by atomic mass is 9.75. The molecule has 3 aromatic rings. The van der Waals surface area contributed by atoms with Crippen molar-refractivity contribution in [3.63, 3.8) is 0 Å². The van der Waals surface area contributed by atoms with Crippen LogP contribution in [0.1, 0.15) is 44.7 Å². The topological polar surface area (TPSA) is 101 Å². The van der Waals surface area contributed by atoms with Crippen molar-refractivity contribution in [1.29, 1.82) is 0 Å². The summed E-state index contributed by atoms with van der Waals surface area (Å²) < 4.78 is 1.73. The zero-order valence-corrected chi connectivity index (χ0v) is 16.3. The maximum Gasteiger partial charge on any atom is 0.194 e. The standard InChI is InChI=1S/C21H23N7O/c1-21-4-2-3-15(25-21)7-14(10-21)8-16-11-24-20(27-26-16)17-12-23-19(9-18(17)29)28-6-5-22-13-28/h5-6,8-9,11-13,15,25H,2-4,7,10H2,1H3,(H,23,29)/b14-8+/t15?,21-/m1/s1. The van der Waals surface area contributed by atoms with Crippen LogP contribution in [0, 0.1) is 0 Å². The molecule has 2 fully saturated rings. The summed E-state index contributed by atoms with van der Waals surface area (Å²) in [5, 5.41) is 12.3. The molecule has 0 radical (unpaired) electrons. The van der Waals surface area contributed by atoms with Crippen LogP contribution < -0.4 is 10.7 Å². The third-order valence-corrected chi connectivity index (χ3v) is 5.81. The lowest BCUT2D eigenvalue weighted by Gasteiger charge is -2.45. The summed E-state index contributed by atoms with van der Waals surface area (Å²) in [6, 6.07) is 2.06. The van der Waals surface area contributed by atoms with E-state index in [0.29, 0.717) is 23.2 Å². The third kappa shape index (κ3) is 3.63. The highest BCUT2D eigenvalue weighted by molar-refractivity contribution is 5.55. The molecule has 148 valence electrons. The quantitative estimate of drug-likeness (QED) is 0.714. The predicted molar refractivity (Wildman–Crippen MR) is 109 cm³/mol. The molecule has 2 aliphatic heterocycles. The highest BCUT2D eigenvalue weighted by Crippen LogP contribution is 2.37. The van der Waals surface area contributed by atoms with E-state index in [1.165, 1.54) is 30.9 Å². The van der Waals surface area contributed by atoms with E-state index in [-0.39, 0.29) is 11.0 Å². The Labute approximate surface area is 168 Å². The number of aromatic amines is 1. The Bertz CT molecular complexity index is 1100. The largest absolute Gasteiger partial charge is 0.347 e. The summed E-state index contributed by atoms with van der Waals surface area (Å²) in [4.78, 5) is 24.0. The van der Waals surface area contributed by atoms with Crippen LogP contribution in [0.5, 0.6) is 0 Å². The van der Waals surface area contributed by atoms with E-state index in [2.05, 4.69) is 43.5 Å². The van der Waals surface area contributed by atoms with Gasteiger partial charge in [0.15, 0.2) is 11.3 Å². The van der Waals surface area contributed by atoms with E-state index in [1.807, 2.05) is 0 Å². The van der Waals surface area contributed by atoms with Gasteiger partial charge >= 0.3 is 0 Å². The molecule has 8 heteroatoms. The first kappa shape index (κ1) is 17.9. The van der Waals surface area contributed by atoms with E-state index >= 15 is 0 Å². The Morgan fingerprint density at radius 3 is 3.00 bits per heavy atom. The van der Waals surface area contributed by atoms with E-state index in [1.54, 1.807) is 35.7 Å². The lowest BCUT2D eigenvalue weighted by molar-refractivity contribution is 0.192. The van der Waals surface area contributed by atoms with E-state index in [4.69, 9.17) is 0 Å². The molecule has 2 saturated heterocycles. The average Bonchev–Trinajstić information content (AvgIpc) is 3.23. The van der Waals surface area contributed by atoms with Crippen LogP contribution in [0.2, 0.25) is 0 Å². The lowest BCUT2D eigenvalue weighted by Crippen LogP contribution is -2.55. The van der Waals surface area contributed by atoms with Crippen molar-refractivity contribution in [2.75, 3.05) is 0 Å². The number of rotatable bonds is 3. The molecule has 3 aromatic heterocycles. The molecule has 5 rings (SSSR count). The number of nitrogens with one attached hydrogen (secondary N) is 2. The monoisotopic (exact) mass is 389 g/mol. The fourth-order valence-corrected chi connectivity index (χ4v) is 4.54. The number of H-pyrrole nitrogens is 1. The smallest absolute Gasteiger partial charge is 0.194 e. The van der Waals surface area contributed by atoms with Crippen molar-refractivity contribution in [3.8, 4) is 17.2 Å². The number of imidazole rings is 1. The van der Waals surface area contributed by atoms with Crippen molar-refractivity contribution < 1.29 is 0 Å². The molecular weight excluding hydrogens is 366 g/mol. The second kappa shape index (κ2) is 7.04. The van der Waals surface area contributed by atoms with Crippen LogP contribution in [-0.2, 0) is 0 Å². The molecule has 2 aliphatic rings. The number of nitrogens with zero attached hydrogens (tertiary/aromatic N) is 5. The van der Waals surface area contributed by atoms with Crippen LogP contribution in [0.25, 0.3) is 23.3 Å². The van der Waals surface area contributed by atoms with Crippen molar-refractivity contribution in [1.82, 2.24) is 35.0 Å². The number of pyridine rings is 1. The van der Waals surface area contributed by atoms with Gasteiger partial charge in [0.1, 0.15) is 17.8 Å². The first-order chi connectivity index (χ1) is 14.1. The molecule has 0 aromatic carbocycles. The summed E-state index contributed by atoms with van der Waals surface area (Å²) in [5.41, 5.74) is 2.54. The van der Waals surface area contributed by atoms with Gasteiger partial charge < -0.3 is 10.3 Å². The van der Waals surface area contributed by atoms with Gasteiger partial charge in [-0.25, -0.2) is 9.97 Å². The van der Waals surface area contributed by atoms with E-state index in [0.717, 1.165) is 18.5 Å². The molecule has 1 unspecified atom stereocenters. The number of hydrogen-bond donors (Lipinski definition) is 2. The summed E-state index contributed by atoms with van der Waals surface area (Å²) in [5.74, 6) is 0.954. The van der Waals surface area contributed by atoms with Crippen LogP contribution in [0.3, 0.4) is 0 Å². The summed E-state index contributed by atoms with van der Waals surface area (Å²) >= 11 is 0. The molecule has 2 atom stereocenters. The Morgan fingerprint density at radius 2 is 2.28 bits per heavy atom. The first-order valence-electron chi connectivity index (χ1n) is 9.96. The summed E-state index contributed by atoms with van der Waals surface area (Å²) in [6.07, 6.45) is 16.3. The van der Waals surface area contributed by atoms with Crippen LogP contribution >= 0.6 is 0 Å². The van der Waals surface area contributed by atoms with Gasteiger partial charge in [0.05, 0.1) is 11.8 Å². The van der Waals surface area contributed by atoms with Crippen LogP contribution in [0.4, 0.5) is 0 Å². The van der Waals surface area contributed by atoms with Crippen molar-refractivity contribution in [3.05, 3.63) is 58.7 Å². The van der Waals surface area contributed by atoms with Crippen LogP contribution in [-0.4, -0.2) is 41.3 Å². The zero-order valence-electron chi connectivity index (χ0n) is 16.3. The minimum absolute atomic E-state index is 0.167. The molecule has 0 aliphatic carbocycles. The molecule has 2 N–H and O–H groups in total. The van der Waals surface area contributed by atoms with E-state index < -0.39 is 0 Å². The Hall–Kier alpha value is -3.13. The van der Waals surface area contributed by atoms with Crippen molar-refractivity contribution in [2.24, 2.45) is 0 Å². The molecule has 2 bridgehead atoms. The van der Waals surface area contributed by atoms with Gasteiger partial charge in [-0.2, -0.15) is 0 Å². The second-order valence-electron chi connectivity index (χ2n) is 8.25. The van der Waals surface area contributed by atoms with Crippen LogP contribution in [0.15, 0.2) is 47.5 Å². The Morgan fingerprint density at radius 1 is 1.34 bits per heavy atom. The van der Waals surface area contributed by atoms with Crippen molar-refractivity contribution >= 4 is 6.08 Å². The SMILES string of the molecule is C[C@@]12CCCC(C/C(=C\c3cnc(-c4c[nH]c(-n5ccnc5)cc4=O)nn3)C1)N2. The molecule has 8 nitrogen and oxygen atoms in total. The maximum absolute atomic E-state index is 12.5. The number of piperidine rings is 2. The zero-order chi connectivity index (χ0) is 19.8. The number of aromatic nitrogens is 6. The normalized spacial score (nSPS) is 25.3. The molecule has 0 amide bonds. The van der Waals surface area contributed by atoms with Gasteiger partial charge in [-0.3, -0.25) is 9.36 Å². The highest BCUT2D eigenvalue weighted by Gasteiger charge is 2.36. The van der Waals surface area contributed by atoms with Gasteiger partial charge in [0.2, 0.25) is 0 Å². The number of hydrogen-bond acceptors (Lipinski definition) is 6. The van der Waals surface area contributed by atoms with Gasteiger partial charge in [-0.05, 0) is 38.7 Å². The van der Waals surface area contributed by atoms with Crippen molar-refractivity contribution in [2.45, 2.75) is 50.6 Å². The van der Waals surface area contributed by atoms with Gasteiger partial charge in [0, 0.05) is 36.2 Å². The van der Waals surface area contributed by atoms with E-state index in [9.17, 15) is 4.79 Å². The Balaban J connectivity index is 1.37. The predicted octanol–water partition coefficient (Wildman–Crippen LogP) is 2.49. The maximum atomic E-state index is 12.5. The minimum atomic E-state index is -0.167. The molecule has 29 heavy (non-hydrogen) atoms.